The van der Waals surface area contributed by atoms with E-state index in [1.54, 1.807) is 19.2 Å². The molecule has 0 saturated heterocycles. The highest BCUT2D eigenvalue weighted by Gasteiger charge is 2.13. The summed E-state index contributed by atoms with van der Waals surface area (Å²) in [6, 6.07) is 8.07. The Balaban J connectivity index is 2.12. The number of nitrogens with one attached hydrogen (secondary N) is 1. The minimum Gasteiger partial charge on any atom is -0.461 e. The number of esters is 1. The smallest absolute Gasteiger partial charge is 0.356 e. The van der Waals surface area contributed by atoms with Gasteiger partial charge in [-0.2, -0.15) is 0 Å². The van der Waals surface area contributed by atoms with Gasteiger partial charge in [0.05, 0.1) is 18.3 Å². The van der Waals surface area contributed by atoms with Gasteiger partial charge in [-0.05, 0) is 38.1 Å². The van der Waals surface area contributed by atoms with Crippen LogP contribution in [0.15, 0.2) is 43.1 Å². The molecule has 0 aliphatic heterocycles. The van der Waals surface area contributed by atoms with Crippen molar-refractivity contribution in [2.24, 2.45) is 0 Å². The van der Waals surface area contributed by atoms with E-state index in [1.165, 1.54) is 0 Å². The van der Waals surface area contributed by atoms with Gasteiger partial charge in [0.1, 0.15) is 5.69 Å². The summed E-state index contributed by atoms with van der Waals surface area (Å²) in [4.78, 5) is 21.7. The molecule has 0 atom stereocenters. The van der Waals surface area contributed by atoms with E-state index in [9.17, 15) is 4.79 Å². The van der Waals surface area contributed by atoms with Crippen LogP contribution in [0, 0.1) is 0 Å². The van der Waals surface area contributed by atoms with Crippen LogP contribution in [0.5, 0.6) is 0 Å². The van der Waals surface area contributed by atoms with Crippen LogP contribution in [0.4, 0.5) is 5.69 Å². The number of hydrogen-bond acceptors (Lipinski definition) is 4. The average Bonchev–Trinajstić information content (AvgIpc) is 2.96. The first-order valence-electron chi connectivity index (χ1n) is 8.12. The molecule has 24 heavy (non-hydrogen) atoms. The van der Waals surface area contributed by atoms with E-state index in [4.69, 9.17) is 4.74 Å². The first kappa shape index (κ1) is 16.1. The van der Waals surface area contributed by atoms with Crippen LogP contribution in [-0.2, 0) is 4.74 Å². The second kappa shape index (κ2) is 6.74. The largest absolute Gasteiger partial charge is 0.461 e. The predicted octanol–water partition coefficient (Wildman–Crippen LogP) is 3.91. The van der Waals surface area contributed by atoms with Gasteiger partial charge in [0.2, 0.25) is 0 Å². The van der Waals surface area contributed by atoms with Crippen LogP contribution in [0.1, 0.15) is 24.3 Å². The Morgan fingerprint density at radius 2 is 2.08 bits per heavy atom. The van der Waals surface area contributed by atoms with Gasteiger partial charge in [0.15, 0.2) is 0 Å². The van der Waals surface area contributed by atoms with E-state index in [0.717, 1.165) is 40.6 Å². The number of fused-ring (bicyclic) bond motifs is 3. The van der Waals surface area contributed by atoms with Crippen molar-refractivity contribution in [3.63, 3.8) is 0 Å². The van der Waals surface area contributed by atoms with Crippen LogP contribution in [0.25, 0.3) is 21.8 Å². The van der Waals surface area contributed by atoms with Gasteiger partial charge in [-0.3, -0.25) is 0 Å². The Morgan fingerprint density at radius 1 is 1.29 bits per heavy atom. The Kier molecular flexibility index (Phi) is 4.51. The van der Waals surface area contributed by atoms with Crippen LogP contribution < -0.4 is 4.90 Å². The lowest BCUT2D eigenvalue weighted by atomic mass is 10.1. The van der Waals surface area contributed by atoms with Gasteiger partial charge >= 0.3 is 5.97 Å². The normalized spacial score (nSPS) is 10.9. The first-order chi connectivity index (χ1) is 11.7. The van der Waals surface area contributed by atoms with Crippen molar-refractivity contribution >= 4 is 33.5 Å². The number of H-pyrrole nitrogens is 1. The highest BCUT2D eigenvalue weighted by Crippen LogP contribution is 2.29. The monoisotopic (exact) mass is 323 g/mol. The lowest BCUT2D eigenvalue weighted by molar-refractivity contribution is 0.0520. The summed E-state index contributed by atoms with van der Waals surface area (Å²) in [5.41, 5.74) is 3.38. The molecule has 0 amide bonds. The van der Waals surface area contributed by atoms with Gasteiger partial charge in [-0.15, -0.1) is 6.58 Å². The number of aromatic amines is 1. The maximum atomic E-state index is 11.9. The average molecular weight is 323 g/mol. The highest BCUT2D eigenvalue weighted by molar-refractivity contribution is 6.09. The van der Waals surface area contributed by atoms with Crippen LogP contribution >= 0.6 is 0 Å². The van der Waals surface area contributed by atoms with Crippen molar-refractivity contribution in [2.45, 2.75) is 13.8 Å². The lowest BCUT2D eigenvalue weighted by Gasteiger charge is -2.21. The molecule has 0 fully saturated rings. The Morgan fingerprint density at radius 3 is 2.79 bits per heavy atom. The number of pyridine rings is 1. The molecule has 0 saturated carbocycles. The summed E-state index contributed by atoms with van der Waals surface area (Å²) in [5.74, 6) is -0.397. The SMILES string of the molecule is C=CCN(CC)c1ccc2[nH]c3cnc(C(=O)OCC)cc3c2c1. The molecular weight excluding hydrogens is 302 g/mol. The molecule has 0 radical (unpaired) electrons. The molecular formula is C19H21N3O2. The van der Waals surface area contributed by atoms with E-state index in [-0.39, 0.29) is 0 Å². The van der Waals surface area contributed by atoms with Crippen LogP contribution in [0.2, 0.25) is 0 Å². The molecule has 3 rings (SSSR count). The second-order valence-electron chi connectivity index (χ2n) is 5.52. The molecule has 5 heteroatoms. The van der Waals surface area contributed by atoms with Crippen molar-refractivity contribution in [1.29, 1.82) is 0 Å². The molecule has 0 aliphatic rings. The van der Waals surface area contributed by atoms with E-state index in [0.29, 0.717) is 12.3 Å². The minimum absolute atomic E-state index is 0.328. The zero-order valence-electron chi connectivity index (χ0n) is 14.0. The molecule has 1 N–H and O–H groups in total. The molecule has 0 unspecified atom stereocenters. The predicted molar refractivity (Wildman–Crippen MR) is 97.6 cm³/mol. The fraction of sp³-hybridized carbons (Fsp3) is 0.263. The van der Waals surface area contributed by atoms with Crippen molar-refractivity contribution in [3.05, 3.63) is 48.8 Å². The number of rotatable bonds is 6. The van der Waals surface area contributed by atoms with Gasteiger partial charge < -0.3 is 14.6 Å². The van der Waals surface area contributed by atoms with Gasteiger partial charge in [-0.1, -0.05) is 6.08 Å². The third-order valence-electron chi connectivity index (χ3n) is 4.05. The van der Waals surface area contributed by atoms with Crippen LogP contribution in [0.3, 0.4) is 0 Å². The molecule has 0 bridgehead atoms. The number of aromatic nitrogens is 2. The minimum atomic E-state index is -0.397. The van der Waals surface area contributed by atoms with Crippen molar-refractivity contribution in [2.75, 3.05) is 24.6 Å². The van der Waals surface area contributed by atoms with Crippen molar-refractivity contribution in [3.8, 4) is 0 Å². The number of hydrogen-bond donors (Lipinski definition) is 1. The zero-order chi connectivity index (χ0) is 17.1. The maximum Gasteiger partial charge on any atom is 0.356 e. The molecule has 2 heterocycles. The summed E-state index contributed by atoms with van der Waals surface area (Å²) in [5, 5.41) is 2.04. The summed E-state index contributed by atoms with van der Waals surface area (Å²) < 4.78 is 5.05. The molecule has 5 nitrogen and oxygen atoms in total. The number of carbonyl (C=O) groups is 1. The number of carbonyl (C=O) groups excluding carboxylic acids is 1. The third kappa shape index (κ3) is 2.85. The van der Waals surface area contributed by atoms with Crippen LogP contribution in [-0.4, -0.2) is 35.6 Å². The van der Waals surface area contributed by atoms with E-state index in [1.807, 2.05) is 6.08 Å². The topological polar surface area (TPSA) is 58.2 Å². The standard InChI is InChI=1S/C19H21N3O2/c1-4-9-22(5-2)13-7-8-16-14(10-13)15-11-17(19(23)24-6-3)20-12-18(15)21-16/h4,7-8,10-12,21H,1,5-6,9H2,2-3H3. The van der Waals surface area contributed by atoms with Gasteiger partial charge in [0, 0.05) is 35.1 Å². The van der Waals surface area contributed by atoms with E-state index >= 15 is 0 Å². The molecule has 1 aromatic carbocycles. The fourth-order valence-electron chi connectivity index (χ4n) is 2.87. The molecule has 124 valence electrons. The second-order valence-corrected chi connectivity index (χ2v) is 5.52. The molecule has 0 aliphatic carbocycles. The summed E-state index contributed by atoms with van der Waals surface area (Å²) in [6.45, 7) is 9.75. The third-order valence-corrected chi connectivity index (χ3v) is 4.05. The number of ether oxygens (including phenoxy) is 1. The first-order valence-corrected chi connectivity index (χ1v) is 8.12. The summed E-state index contributed by atoms with van der Waals surface area (Å²) in [6.07, 6.45) is 3.58. The van der Waals surface area contributed by atoms with Crippen molar-refractivity contribution < 1.29 is 9.53 Å². The van der Waals surface area contributed by atoms with Gasteiger partial charge in [-0.25, -0.2) is 9.78 Å². The summed E-state index contributed by atoms with van der Waals surface area (Å²) in [7, 11) is 0. The Hall–Kier alpha value is -2.82. The highest BCUT2D eigenvalue weighted by atomic mass is 16.5. The zero-order valence-corrected chi connectivity index (χ0v) is 14.0. The summed E-state index contributed by atoms with van der Waals surface area (Å²) >= 11 is 0. The lowest BCUT2D eigenvalue weighted by Crippen LogP contribution is -2.22. The quantitative estimate of drug-likeness (QED) is 0.552. The fourth-order valence-corrected chi connectivity index (χ4v) is 2.87. The number of nitrogens with zero attached hydrogens (tertiary/aromatic N) is 2. The van der Waals surface area contributed by atoms with Crippen molar-refractivity contribution in [1.82, 2.24) is 9.97 Å². The molecule has 3 aromatic rings. The maximum absolute atomic E-state index is 11.9. The van der Waals surface area contributed by atoms with E-state index < -0.39 is 5.97 Å². The molecule has 0 spiro atoms. The molecule has 2 aromatic heterocycles. The number of benzene rings is 1. The Labute approximate surface area is 140 Å². The number of anilines is 1. The van der Waals surface area contributed by atoms with Gasteiger partial charge in [0.25, 0.3) is 0 Å². The van der Waals surface area contributed by atoms with E-state index in [2.05, 4.69) is 46.6 Å². The number of likely N-dealkylation sites (N-methyl/N-ethyl adjacent to an activating group) is 1. The Bertz CT molecular complexity index is 898.